The first kappa shape index (κ1) is 7.60. The van der Waals surface area contributed by atoms with Crippen molar-refractivity contribution in [1.29, 1.82) is 0 Å². The highest BCUT2D eigenvalue weighted by Gasteiger charge is 2.36. The zero-order valence-electron chi connectivity index (χ0n) is 7.53. The molecule has 64 valence electrons. The standard InChI is InChI=1S/C10H19N/c1-9-3-2-4-10(7-9)5-6-11-8-10/h9,11H,2-8H2,1H3/t9-,10?/m1/s1. The van der Waals surface area contributed by atoms with Gasteiger partial charge in [0.1, 0.15) is 0 Å². The topological polar surface area (TPSA) is 12.0 Å². The molecule has 0 amide bonds. The second-order valence-corrected chi connectivity index (χ2v) is 4.63. The number of hydrogen-bond donors (Lipinski definition) is 1. The third kappa shape index (κ3) is 1.44. The van der Waals surface area contributed by atoms with Gasteiger partial charge >= 0.3 is 0 Å². The Kier molecular flexibility index (Phi) is 1.92. The zero-order valence-corrected chi connectivity index (χ0v) is 7.53. The first-order valence-electron chi connectivity index (χ1n) is 5.02. The first-order valence-corrected chi connectivity index (χ1v) is 5.02. The van der Waals surface area contributed by atoms with Crippen molar-refractivity contribution in [3.05, 3.63) is 0 Å². The summed E-state index contributed by atoms with van der Waals surface area (Å²) in [5.74, 6) is 0.989. The van der Waals surface area contributed by atoms with Crippen molar-refractivity contribution in [3.63, 3.8) is 0 Å². The van der Waals surface area contributed by atoms with Crippen LogP contribution in [0.3, 0.4) is 0 Å². The van der Waals surface area contributed by atoms with Gasteiger partial charge < -0.3 is 5.32 Å². The fraction of sp³-hybridized carbons (Fsp3) is 1.00. The molecule has 11 heavy (non-hydrogen) atoms. The van der Waals surface area contributed by atoms with Crippen LogP contribution in [0.1, 0.15) is 39.0 Å². The molecule has 1 aliphatic heterocycles. The summed E-state index contributed by atoms with van der Waals surface area (Å²) in [6.07, 6.45) is 7.37. The number of hydrogen-bond acceptors (Lipinski definition) is 1. The van der Waals surface area contributed by atoms with Crippen molar-refractivity contribution in [1.82, 2.24) is 5.32 Å². The maximum absolute atomic E-state index is 3.50. The third-order valence-electron chi connectivity index (χ3n) is 3.52. The average molecular weight is 153 g/mol. The molecule has 1 heteroatoms. The first-order chi connectivity index (χ1) is 5.31. The summed E-state index contributed by atoms with van der Waals surface area (Å²) in [4.78, 5) is 0. The van der Waals surface area contributed by atoms with Crippen LogP contribution in [-0.4, -0.2) is 13.1 Å². The highest BCUT2D eigenvalue weighted by Crippen LogP contribution is 2.43. The summed E-state index contributed by atoms with van der Waals surface area (Å²) in [5.41, 5.74) is 0.734. The van der Waals surface area contributed by atoms with E-state index in [1.807, 2.05) is 0 Å². The van der Waals surface area contributed by atoms with Crippen LogP contribution in [0.25, 0.3) is 0 Å². The van der Waals surface area contributed by atoms with Crippen LogP contribution in [0, 0.1) is 11.3 Å². The number of rotatable bonds is 0. The van der Waals surface area contributed by atoms with E-state index in [-0.39, 0.29) is 0 Å². The molecular weight excluding hydrogens is 134 g/mol. The summed E-state index contributed by atoms with van der Waals surface area (Å²) in [6, 6.07) is 0. The van der Waals surface area contributed by atoms with Gasteiger partial charge in [0.05, 0.1) is 0 Å². The Balaban J connectivity index is 2.00. The van der Waals surface area contributed by atoms with Crippen LogP contribution in [0.5, 0.6) is 0 Å². The lowest BCUT2D eigenvalue weighted by Crippen LogP contribution is -2.29. The molecule has 1 heterocycles. The van der Waals surface area contributed by atoms with E-state index < -0.39 is 0 Å². The molecule has 0 aromatic carbocycles. The normalized spacial score (nSPS) is 45.0. The van der Waals surface area contributed by atoms with Crippen LogP contribution in [0.15, 0.2) is 0 Å². The lowest BCUT2D eigenvalue weighted by Gasteiger charge is -2.36. The van der Waals surface area contributed by atoms with E-state index in [1.165, 1.54) is 45.2 Å². The van der Waals surface area contributed by atoms with Gasteiger partial charge in [-0.1, -0.05) is 19.8 Å². The molecule has 0 bridgehead atoms. The van der Waals surface area contributed by atoms with Crippen molar-refractivity contribution in [2.45, 2.75) is 39.0 Å². The molecule has 1 saturated carbocycles. The molecule has 0 radical (unpaired) electrons. The maximum Gasteiger partial charge on any atom is 0.000839 e. The SMILES string of the molecule is C[C@@H]1CCCC2(CCNC2)C1. The minimum Gasteiger partial charge on any atom is -0.316 e. The van der Waals surface area contributed by atoms with Gasteiger partial charge in [0.15, 0.2) is 0 Å². The molecule has 2 atom stereocenters. The highest BCUT2D eigenvalue weighted by atomic mass is 14.9. The molecule has 2 fully saturated rings. The van der Waals surface area contributed by atoms with Gasteiger partial charge in [-0.05, 0) is 37.1 Å². The predicted octanol–water partition coefficient (Wildman–Crippen LogP) is 2.18. The summed E-state index contributed by atoms with van der Waals surface area (Å²) in [5, 5.41) is 3.50. The molecule has 1 N–H and O–H groups in total. The third-order valence-corrected chi connectivity index (χ3v) is 3.52. The van der Waals surface area contributed by atoms with Crippen molar-refractivity contribution < 1.29 is 0 Å². The molecule has 1 saturated heterocycles. The Hall–Kier alpha value is -0.0400. The average Bonchev–Trinajstić information content (AvgIpc) is 2.37. The zero-order chi connectivity index (χ0) is 7.73. The smallest absolute Gasteiger partial charge is 0.000839 e. The van der Waals surface area contributed by atoms with E-state index in [2.05, 4.69) is 12.2 Å². The van der Waals surface area contributed by atoms with Gasteiger partial charge in [-0.2, -0.15) is 0 Å². The lowest BCUT2D eigenvalue weighted by atomic mass is 9.70. The molecule has 2 aliphatic rings. The van der Waals surface area contributed by atoms with Crippen molar-refractivity contribution in [2.75, 3.05) is 13.1 Å². The van der Waals surface area contributed by atoms with Crippen molar-refractivity contribution >= 4 is 0 Å². The highest BCUT2D eigenvalue weighted by molar-refractivity contribution is 4.91. The van der Waals surface area contributed by atoms with E-state index in [0.717, 1.165) is 11.3 Å². The summed E-state index contributed by atoms with van der Waals surface area (Å²) >= 11 is 0. The summed E-state index contributed by atoms with van der Waals surface area (Å²) in [7, 11) is 0. The van der Waals surface area contributed by atoms with Gasteiger partial charge in [0, 0.05) is 6.54 Å². The molecule has 1 unspecified atom stereocenters. The Morgan fingerprint density at radius 2 is 2.27 bits per heavy atom. The fourth-order valence-corrected chi connectivity index (χ4v) is 2.95. The van der Waals surface area contributed by atoms with Crippen molar-refractivity contribution in [2.24, 2.45) is 11.3 Å². The van der Waals surface area contributed by atoms with Gasteiger partial charge in [-0.25, -0.2) is 0 Å². The van der Waals surface area contributed by atoms with Gasteiger partial charge in [-0.15, -0.1) is 0 Å². The molecule has 0 aromatic heterocycles. The predicted molar refractivity (Wildman–Crippen MR) is 47.6 cm³/mol. The van der Waals surface area contributed by atoms with E-state index in [1.54, 1.807) is 0 Å². The van der Waals surface area contributed by atoms with Crippen LogP contribution in [-0.2, 0) is 0 Å². The van der Waals surface area contributed by atoms with E-state index in [0.29, 0.717) is 0 Å². The maximum atomic E-state index is 3.50. The second-order valence-electron chi connectivity index (χ2n) is 4.63. The van der Waals surface area contributed by atoms with Crippen molar-refractivity contribution in [3.8, 4) is 0 Å². The minimum absolute atomic E-state index is 0.734. The summed E-state index contributed by atoms with van der Waals surface area (Å²) in [6.45, 7) is 4.99. The second kappa shape index (κ2) is 2.78. The lowest BCUT2D eigenvalue weighted by molar-refractivity contribution is 0.169. The van der Waals surface area contributed by atoms with Gasteiger partial charge in [-0.3, -0.25) is 0 Å². The van der Waals surface area contributed by atoms with E-state index >= 15 is 0 Å². The Bertz CT molecular complexity index is 136. The van der Waals surface area contributed by atoms with E-state index in [4.69, 9.17) is 0 Å². The Labute approximate surface area is 69.6 Å². The van der Waals surface area contributed by atoms with Gasteiger partial charge in [0.25, 0.3) is 0 Å². The van der Waals surface area contributed by atoms with Crippen LogP contribution in [0.2, 0.25) is 0 Å². The monoisotopic (exact) mass is 153 g/mol. The van der Waals surface area contributed by atoms with E-state index in [9.17, 15) is 0 Å². The number of nitrogens with one attached hydrogen (secondary N) is 1. The molecule has 1 spiro atoms. The van der Waals surface area contributed by atoms with Crippen LogP contribution < -0.4 is 5.32 Å². The Morgan fingerprint density at radius 3 is 2.91 bits per heavy atom. The van der Waals surface area contributed by atoms with Crippen LogP contribution in [0.4, 0.5) is 0 Å². The fourth-order valence-electron chi connectivity index (χ4n) is 2.95. The van der Waals surface area contributed by atoms with Gasteiger partial charge in [0.2, 0.25) is 0 Å². The Morgan fingerprint density at radius 1 is 1.36 bits per heavy atom. The molecule has 0 aromatic rings. The minimum atomic E-state index is 0.734. The molecule has 2 rings (SSSR count). The van der Waals surface area contributed by atoms with Crippen LogP contribution >= 0.6 is 0 Å². The largest absolute Gasteiger partial charge is 0.316 e. The molecule has 1 aliphatic carbocycles. The summed E-state index contributed by atoms with van der Waals surface area (Å²) < 4.78 is 0. The quantitative estimate of drug-likeness (QED) is 0.562. The molecule has 1 nitrogen and oxygen atoms in total. The molecular formula is C10H19N.